The predicted octanol–water partition coefficient (Wildman–Crippen LogP) is 2.45. The van der Waals surface area contributed by atoms with Crippen LogP contribution in [0.3, 0.4) is 0 Å². The van der Waals surface area contributed by atoms with E-state index >= 15 is 0 Å². The summed E-state index contributed by atoms with van der Waals surface area (Å²) in [6.07, 6.45) is 10.0. The second kappa shape index (κ2) is 14.3. The summed E-state index contributed by atoms with van der Waals surface area (Å²) in [5.41, 5.74) is 5.63. The zero-order valence-corrected chi connectivity index (χ0v) is 15.8. The van der Waals surface area contributed by atoms with Gasteiger partial charge in [0.05, 0.1) is 0 Å². The Bertz CT molecular complexity index is 347. The number of nitrogens with two attached hydrogens (primary N) is 1. The molecule has 3 amide bonds. The summed E-state index contributed by atoms with van der Waals surface area (Å²) < 4.78 is 0. The van der Waals surface area contributed by atoms with Crippen LogP contribution in [0.25, 0.3) is 0 Å². The van der Waals surface area contributed by atoms with Crippen LogP contribution in [0.5, 0.6) is 0 Å². The van der Waals surface area contributed by atoms with Gasteiger partial charge in [0.1, 0.15) is 0 Å². The van der Waals surface area contributed by atoms with E-state index < -0.39 is 0 Å². The molecule has 5 N–H and O–H groups in total. The average Bonchev–Trinajstić information content (AvgIpc) is 2.51. The summed E-state index contributed by atoms with van der Waals surface area (Å²) in [6, 6.07) is 0.426. The molecule has 0 heterocycles. The zero-order valence-electron chi connectivity index (χ0n) is 14.9. The van der Waals surface area contributed by atoms with E-state index in [0.717, 1.165) is 38.5 Å². The molecule has 0 saturated heterocycles. The summed E-state index contributed by atoms with van der Waals surface area (Å²) in [7, 11) is 0. The van der Waals surface area contributed by atoms with Gasteiger partial charge in [-0.1, -0.05) is 25.7 Å². The average molecular weight is 363 g/mol. The first-order chi connectivity index (χ1) is 11.1. The first-order valence-corrected chi connectivity index (χ1v) is 9.14. The Morgan fingerprint density at radius 1 is 1.04 bits per heavy atom. The molecule has 0 aromatic rings. The number of hydrogen-bond acceptors (Lipinski definition) is 3. The molecule has 24 heavy (non-hydrogen) atoms. The van der Waals surface area contributed by atoms with E-state index in [-0.39, 0.29) is 30.4 Å². The first-order valence-electron chi connectivity index (χ1n) is 9.14. The fourth-order valence-corrected chi connectivity index (χ4v) is 2.80. The fraction of sp³-hybridized carbons (Fsp3) is 0.882. The number of carbonyl (C=O) groups excluding carboxylic acids is 2. The molecule has 7 heteroatoms. The van der Waals surface area contributed by atoms with Gasteiger partial charge in [-0.3, -0.25) is 4.79 Å². The van der Waals surface area contributed by atoms with Gasteiger partial charge in [0.25, 0.3) is 0 Å². The van der Waals surface area contributed by atoms with Crippen molar-refractivity contribution in [3.63, 3.8) is 0 Å². The molecular formula is C17H35ClN4O2. The standard InChI is InChI=1S/C17H34N4O2.ClH/c1-14(18)11-13-19-16(22)10-6-3-7-12-20-17(23)21-15-8-4-2-5-9-15;/h14-15H,2-13,18H2,1H3,(H,19,22)(H2,20,21,23);1H. The van der Waals surface area contributed by atoms with Gasteiger partial charge in [0, 0.05) is 31.6 Å². The maximum absolute atomic E-state index is 11.7. The van der Waals surface area contributed by atoms with Gasteiger partial charge < -0.3 is 21.7 Å². The van der Waals surface area contributed by atoms with Gasteiger partial charge in [-0.2, -0.15) is 0 Å². The minimum atomic E-state index is -0.0504. The Labute approximate surface area is 152 Å². The molecule has 142 valence electrons. The normalized spacial score (nSPS) is 15.9. The van der Waals surface area contributed by atoms with Gasteiger partial charge in [-0.05, 0) is 39.0 Å². The van der Waals surface area contributed by atoms with E-state index in [4.69, 9.17) is 5.73 Å². The number of urea groups is 1. The van der Waals surface area contributed by atoms with Crippen molar-refractivity contribution in [2.24, 2.45) is 5.73 Å². The van der Waals surface area contributed by atoms with E-state index in [1.807, 2.05) is 6.92 Å². The first kappa shape index (κ1) is 23.0. The van der Waals surface area contributed by atoms with Crippen LogP contribution in [0.15, 0.2) is 0 Å². The van der Waals surface area contributed by atoms with Crippen LogP contribution in [-0.4, -0.2) is 37.1 Å². The van der Waals surface area contributed by atoms with Crippen LogP contribution in [0.4, 0.5) is 4.79 Å². The number of nitrogens with one attached hydrogen (secondary N) is 3. The second-order valence-electron chi connectivity index (χ2n) is 6.66. The zero-order chi connectivity index (χ0) is 16.9. The van der Waals surface area contributed by atoms with E-state index in [1.165, 1.54) is 19.3 Å². The highest BCUT2D eigenvalue weighted by atomic mass is 35.5. The molecule has 1 rings (SSSR count). The Morgan fingerprint density at radius 2 is 1.75 bits per heavy atom. The third-order valence-electron chi connectivity index (χ3n) is 4.23. The van der Waals surface area contributed by atoms with Gasteiger partial charge in [0.15, 0.2) is 0 Å². The van der Waals surface area contributed by atoms with Crippen LogP contribution in [-0.2, 0) is 4.79 Å². The molecule has 0 aromatic carbocycles. The lowest BCUT2D eigenvalue weighted by atomic mass is 9.96. The summed E-state index contributed by atoms with van der Waals surface area (Å²) in [5.74, 6) is 0.0913. The monoisotopic (exact) mass is 362 g/mol. The van der Waals surface area contributed by atoms with Crippen LogP contribution >= 0.6 is 12.4 Å². The Balaban J connectivity index is 0.00000529. The van der Waals surface area contributed by atoms with Crippen LogP contribution < -0.4 is 21.7 Å². The molecule has 1 aliphatic rings. The lowest BCUT2D eigenvalue weighted by Gasteiger charge is -2.22. The molecule has 1 unspecified atom stereocenters. The van der Waals surface area contributed by atoms with Crippen molar-refractivity contribution in [2.75, 3.05) is 13.1 Å². The van der Waals surface area contributed by atoms with E-state index in [0.29, 0.717) is 25.6 Å². The second-order valence-corrected chi connectivity index (χ2v) is 6.66. The van der Waals surface area contributed by atoms with Crippen molar-refractivity contribution in [1.82, 2.24) is 16.0 Å². The lowest BCUT2D eigenvalue weighted by Crippen LogP contribution is -2.43. The van der Waals surface area contributed by atoms with Crippen molar-refractivity contribution < 1.29 is 9.59 Å². The smallest absolute Gasteiger partial charge is 0.315 e. The summed E-state index contributed by atoms with van der Waals surface area (Å²) in [6.45, 7) is 3.26. The van der Waals surface area contributed by atoms with Gasteiger partial charge in [-0.15, -0.1) is 12.4 Å². The van der Waals surface area contributed by atoms with Crippen molar-refractivity contribution in [2.45, 2.75) is 83.2 Å². The number of halogens is 1. The van der Waals surface area contributed by atoms with Crippen molar-refractivity contribution in [1.29, 1.82) is 0 Å². The predicted molar refractivity (Wildman–Crippen MR) is 100 cm³/mol. The van der Waals surface area contributed by atoms with Crippen LogP contribution in [0.2, 0.25) is 0 Å². The molecule has 1 aliphatic carbocycles. The molecule has 0 aliphatic heterocycles. The topological polar surface area (TPSA) is 96.2 Å². The Hall–Kier alpha value is -1.01. The van der Waals surface area contributed by atoms with Gasteiger partial charge in [0.2, 0.25) is 5.91 Å². The van der Waals surface area contributed by atoms with Gasteiger partial charge in [-0.25, -0.2) is 4.79 Å². The molecule has 1 saturated carbocycles. The van der Waals surface area contributed by atoms with Crippen LogP contribution in [0, 0.1) is 0 Å². The Kier molecular flexibility index (Phi) is 13.7. The molecule has 0 radical (unpaired) electrons. The third kappa shape index (κ3) is 12.4. The van der Waals surface area contributed by atoms with Crippen molar-refractivity contribution in [3.05, 3.63) is 0 Å². The molecule has 1 fully saturated rings. The minimum absolute atomic E-state index is 0. The molecule has 0 bridgehead atoms. The molecule has 6 nitrogen and oxygen atoms in total. The lowest BCUT2D eigenvalue weighted by molar-refractivity contribution is -0.121. The SMILES string of the molecule is CC(N)CCNC(=O)CCCCCNC(=O)NC1CCCCC1.Cl. The number of hydrogen-bond donors (Lipinski definition) is 4. The molecule has 1 atom stereocenters. The maximum Gasteiger partial charge on any atom is 0.315 e. The molecular weight excluding hydrogens is 328 g/mol. The van der Waals surface area contributed by atoms with Crippen molar-refractivity contribution in [3.8, 4) is 0 Å². The number of rotatable bonds is 10. The molecule has 0 spiro atoms. The quantitative estimate of drug-likeness (QED) is 0.449. The summed E-state index contributed by atoms with van der Waals surface area (Å²) in [5, 5.41) is 8.81. The molecule has 0 aromatic heterocycles. The number of amides is 3. The number of unbranched alkanes of at least 4 members (excludes halogenated alkanes) is 2. The highest BCUT2D eigenvalue weighted by Gasteiger charge is 2.14. The maximum atomic E-state index is 11.7. The third-order valence-corrected chi connectivity index (χ3v) is 4.23. The van der Waals surface area contributed by atoms with Crippen LogP contribution in [0.1, 0.15) is 71.1 Å². The fourth-order valence-electron chi connectivity index (χ4n) is 2.80. The Morgan fingerprint density at radius 3 is 2.42 bits per heavy atom. The minimum Gasteiger partial charge on any atom is -0.356 e. The van der Waals surface area contributed by atoms with Crippen molar-refractivity contribution >= 4 is 24.3 Å². The van der Waals surface area contributed by atoms with Gasteiger partial charge >= 0.3 is 6.03 Å². The number of carbonyl (C=O) groups is 2. The highest BCUT2D eigenvalue weighted by molar-refractivity contribution is 5.85. The largest absolute Gasteiger partial charge is 0.356 e. The highest BCUT2D eigenvalue weighted by Crippen LogP contribution is 2.17. The summed E-state index contributed by atoms with van der Waals surface area (Å²) >= 11 is 0. The van der Waals surface area contributed by atoms with E-state index in [2.05, 4.69) is 16.0 Å². The van der Waals surface area contributed by atoms with E-state index in [1.54, 1.807) is 0 Å². The summed E-state index contributed by atoms with van der Waals surface area (Å²) in [4.78, 5) is 23.3. The van der Waals surface area contributed by atoms with E-state index in [9.17, 15) is 9.59 Å².